The Morgan fingerprint density at radius 2 is 1.10 bits per heavy atom. The number of carbonyl (C=O) groups is 2. The zero-order valence-corrected chi connectivity index (χ0v) is 18.2. The highest BCUT2D eigenvalue weighted by molar-refractivity contribution is 8.15. The van der Waals surface area contributed by atoms with E-state index in [1.165, 1.54) is 37.7 Å². The summed E-state index contributed by atoms with van der Waals surface area (Å²) in [5, 5.41) is 1.36. The third-order valence-electron chi connectivity index (χ3n) is 5.19. The van der Waals surface area contributed by atoms with Crippen LogP contribution in [0.1, 0.15) is 11.1 Å². The Morgan fingerprint density at radius 1 is 0.733 bits per heavy atom. The van der Waals surface area contributed by atoms with Crippen LogP contribution < -0.4 is 0 Å². The minimum Gasteiger partial charge on any atom is -0.467 e. The standard InChI is InChI=1S/C22H20N2O4S2/c1-27-19(25)21(13-29-17(23-21)15-9-5-3-6-10-15)22(20(26)28-2)14-30-18(24-22)16-11-7-4-8-12-16/h3-12H,13-14H2,1-2H3/t21-,22+. The predicted molar refractivity (Wildman–Crippen MR) is 120 cm³/mol. The third kappa shape index (κ3) is 3.24. The molecule has 0 saturated carbocycles. The molecule has 0 fully saturated rings. The monoisotopic (exact) mass is 440 g/mol. The van der Waals surface area contributed by atoms with Crippen molar-refractivity contribution in [1.82, 2.24) is 0 Å². The van der Waals surface area contributed by atoms with E-state index >= 15 is 0 Å². The van der Waals surface area contributed by atoms with Gasteiger partial charge < -0.3 is 9.47 Å². The molecule has 8 heteroatoms. The maximum absolute atomic E-state index is 13.1. The Hall–Kier alpha value is -2.58. The molecule has 2 aromatic carbocycles. The topological polar surface area (TPSA) is 77.3 Å². The van der Waals surface area contributed by atoms with E-state index in [1.54, 1.807) is 0 Å². The summed E-state index contributed by atoms with van der Waals surface area (Å²) in [6, 6.07) is 19.1. The van der Waals surface area contributed by atoms with Crippen LogP contribution in [-0.4, -0.2) is 58.8 Å². The molecular formula is C22H20N2O4S2. The number of carbonyl (C=O) groups excluding carboxylic acids is 2. The maximum atomic E-state index is 13.1. The van der Waals surface area contributed by atoms with Crippen molar-refractivity contribution in [2.75, 3.05) is 25.7 Å². The summed E-state index contributed by atoms with van der Waals surface area (Å²) in [7, 11) is 2.61. The summed E-state index contributed by atoms with van der Waals surface area (Å²) in [5.74, 6) is -0.703. The van der Waals surface area contributed by atoms with E-state index in [1.807, 2.05) is 60.7 Å². The van der Waals surface area contributed by atoms with Gasteiger partial charge in [0.15, 0.2) is 0 Å². The van der Waals surface area contributed by atoms with Gasteiger partial charge in [0.1, 0.15) is 0 Å². The number of rotatable bonds is 5. The van der Waals surface area contributed by atoms with Crippen molar-refractivity contribution in [1.29, 1.82) is 0 Å². The molecule has 30 heavy (non-hydrogen) atoms. The van der Waals surface area contributed by atoms with Crippen molar-refractivity contribution in [3.63, 3.8) is 0 Å². The lowest BCUT2D eigenvalue weighted by atomic mass is 9.79. The second-order valence-electron chi connectivity index (χ2n) is 6.85. The number of nitrogens with zero attached hydrogens (tertiary/aromatic N) is 2. The summed E-state index contributed by atoms with van der Waals surface area (Å²) >= 11 is 2.84. The lowest BCUT2D eigenvalue weighted by Crippen LogP contribution is -2.63. The van der Waals surface area contributed by atoms with Crippen molar-refractivity contribution in [3.8, 4) is 0 Å². The summed E-state index contributed by atoms with van der Waals surface area (Å²) < 4.78 is 10.3. The van der Waals surface area contributed by atoms with Crippen LogP contribution in [0.3, 0.4) is 0 Å². The van der Waals surface area contributed by atoms with Crippen molar-refractivity contribution in [3.05, 3.63) is 71.8 Å². The molecule has 0 aliphatic carbocycles. The molecule has 0 bridgehead atoms. The number of hydrogen-bond acceptors (Lipinski definition) is 8. The van der Waals surface area contributed by atoms with E-state index in [0.717, 1.165) is 11.1 Å². The predicted octanol–water partition coefficient (Wildman–Crippen LogP) is 3.20. The maximum Gasteiger partial charge on any atom is 0.337 e. The van der Waals surface area contributed by atoms with Gasteiger partial charge in [0.25, 0.3) is 0 Å². The van der Waals surface area contributed by atoms with E-state index < -0.39 is 23.0 Å². The van der Waals surface area contributed by atoms with Gasteiger partial charge >= 0.3 is 11.9 Å². The number of benzene rings is 2. The van der Waals surface area contributed by atoms with E-state index in [-0.39, 0.29) is 11.5 Å². The molecule has 2 aromatic rings. The zero-order valence-electron chi connectivity index (χ0n) is 16.5. The summed E-state index contributed by atoms with van der Waals surface area (Å²) in [5.41, 5.74) is -1.25. The van der Waals surface area contributed by atoms with Crippen molar-refractivity contribution >= 4 is 45.5 Å². The fourth-order valence-corrected chi connectivity index (χ4v) is 6.17. The highest BCUT2D eigenvalue weighted by Crippen LogP contribution is 2.47. The molecule has 0 N–H and O–H groups in total. The second kappa shape index (κ2) is 8.28. The molecule has 0 saturated heterocycles. The van der Waals surface area contributed by atoms with E-state index in [9.17, 15) is 9.59 Å². The van der Waals surface area contributed by atoms with Gasteiger partial charge in [-0.3, -0.25) is 9.98 Å². The van der Waals surface area contributed by atoms with Crippen molar-refractivity contribution < 1.29 is 19.1 Å². The molecule has 6 nitrogen and oxygen atoms in total. The van der Waals surface area contributed by atoms with Crippen LogP contribution in [0, 0.1) is 0 Å². The summed E-state index contributed by atoms with van der Waals surface area (Å²) in [6.07, 6.45) is 0. The van der Waals surface area contributed by atoms with Crippen LogP contribution >= 0.6 is 23.5 Å². The smallest absolute Gasteiger partial charge is 0.337 e. The van der Waals surface area contributed by atoms with Crippen LogP contribution in [0.2, 0.25) is 0 Å². The average Bonchev–Trinajstić information content (AvgIpc) is 3.46. The Balaban J connectivity index is 1.88. The van der Waals surface area contributed by atoms with Gasteiger partial charge in [-0.2, -0.15) is 0 Å². The van der Waals surface area contributed by atoms with Crippen molar-refractivity contribution in [2.45, 2.75) is 11.1 Å². The van der Waals surface area contributed by atoms with Crippen LogP contribution in [0.5, 0.6) is 0 Å². The molecule has 2 aliphatic rings. The number of ether oxygens (including phenoxy) is 2. The molecular weight excluding hydrogens is 420 g/mol. The second-order valence-corrected chi connectivity index (χ2v) is 8.78. The van der Waals surface area contributed by atoms with E-state index in [4.69, 9.17) is 19.5 Å². The molecule has 4 rings (SSSR count). The van der Waals surface area contributed by atoms with Gasteiger partial charge in [-0.05, 0) is 0 Å². The first-order valence-corrected chi connectivity index (χ1v) is 11.3. The third-order valence-corrected chi connectivity index (χ3v) is 7.52. The molecule has 0 aromatic heterocycles. The molecule has 2 atom stereocenters. The van der Waals surface area contributed by atoms with Gasteiger partial charge in [-0.1, -0.05) is 60.7 Å². The van der Waals surface area contributed by atoms with Gasteiger partial charge in [-0.15, -0.1) is 23.5 Å². The Labute approximate surface area is 183 Å². The van der Waals surface area contributed by atoms with E-state index in [0.29, 0.717) is 10.1 Å². The first-order chi connectivity index (χ1) is 14.6. The SMILES string of the molecule is COC(=O)[C@]1([C@]2(C(=O)OC)CSC(c3ccccc3)=N2)CSC(c2ccccc2)=N1. The number of aliphatic imine (C=N–C) groups is 2. The molecule has 2 aliphatic heterocycles. The quantitative estimate of drug-likeness (QED) is 0.665. The highest BCUT2D eigenvalue weighted by atomic mass is 32.2. The fourth-order valence-electron chi connectivity index (χ4n) is 3.59. The molecule has 154 valence electrons. The molecule has 0 unspecified atom stereocenters. The minimum atomic E-state index is -1.51. The molecule has 0 spiro atoms. The minimum absolute atomic E-state index is 0.241. The first kappa shape index (κ1) is 20.7. The summed E-state index contributed by atoms with van der Waals surface area (Å²) in [4.78, 5) is 35.9. The van der Waals surface area contributed by atoms with E-state index in [2.05, 4.69) is 0 Å². The van der Waals surface area contributed by atoms with Crippen LogP contribution in [0.4, 0.5) is 0 Å². The zero-order chi connectivity index (χ0) is 21.2. The van der Waals surface area contributed by atoms with Gasteiger partial charge in [0.2, 0.25) is 11.1 Å². The summed E-state index contributed by atoms with van der Waals surface area (Å²) in [6.45, 7) is 0. The van der Waals surface area contributed by atoms with Gasteiger partial charge in [0, 0.05) is 22.6 Å². The lowest BCUT2D eigenvalue weighted by Gasteiger charge is -2.36. The Morgan fingerprint density at radius 3 is 1.43 bits per heavy atom. The Kier molecular flexibility index (Phi) is 5.71. The van der Waals surface area contributed by atoms with Gasteiger partial charge in [0.05, 0.1) is 24.3 Å². The number of thioether (sulfide) groups is 2. The average molecular weight is 441 g/mol. The number of methoxy groups -OCH3 is 2. The largest absolute Gasteiger partial charge is 0.467 e. The molecule has 0 amide bonds. The van der Waals surface area contributed by atoms with Crippen molar-refractivity contribution in [2.24, 2.45) is 9.98 Å². The fraction of sp³-hybridized carbons (Fsp3) is 0.273. The number of hydrogen-bond donors (Lipinski definition) is 0. The highest BCUT2D eigenvalue weighted by Gasteiger charge is 2.67. The van der Waals surface area contributed by atoms with Gasteiger partial charge in [-0.25, -0.2) is 9.59 Å². The normalized spacial score (nSPS) is 25.4. The van der Waals surface area contributed by atoms with Crippen LogP contribution in [-0.2, 0) is 19.1 Å². The molecule has 2 heterocycles. The Bertz CT molecular complexity index is 942. The van der Waals surface area contributed by atoms with Crippen LogP contribution in [0.15, 0.2) is 70.6 Å². The first-order valence-electron chi connectivity index (χ1n) is 9.29. The van der Waals surface area contributed by atoms with Crippen LogP contribution in [0.25, 0.3) is 0 Å². The molecule has 0 radical (unpaired) electrons. The lowest BCUT2D eigenvalue weighted by molar-refractivity contribution is -0.158. The number of esters is 2.